The van der Waals surface area contributed by atoms with Crippen molar-refractivity contribution >= 4 is 22.6 Å². The van der Waals surface area contributed by atoms with Gasteiger partial charge in [-0.2, -0.15) is 5.26 Å². The van der Waals surface area contributed by atoms with Crippen LogP contribution < -0.4 is 0 Å². The monoisotopic (exact) mass is 417 g/mol. The van der Waals surface area contributed by atoms with Gasteiger partial charge in [0.1, 0.15) is 11.9 Å². The molecule has 0 bridgehead atoms. The van der Waals surface area contributed by atoms with E-state index >= 15 is 0 Å². The Morgan fingerprint density at radius 1 is 1.14 bits per heavy atom. The number of halogens is 2. The quantitative estimate of drug-likeness (QED) is 0.547. The van der Waals surface area contributed by atoms with Crippen molar-refractivity contribution in [3.05, 3.63) is 35.1 Å². The fourth-order valence-corrected chi connectivity index (χ4v) is 3.25. The highest BCUT2D eigenvalue weighted by molar-refractivity contribution is 14.1. The summed E-state index contributed by atoms with van der Waals surface area (Å²) in [4.78, 5) is 0. The molecule has 0 radical (unpaired) electrons. The minimum Gasteiger partial charge on any atom is -0.373 e. The summed E-state index contributed by atoms with van der Waals surface area (Å²) < 4.78 is 31.4. The number of alkyl halides is 1. The lowest BCUT2D eigenvalue weighted by atomic mass is 9.93. The van der Waals surface area contributed by atoms with Crippen molar-refractivity contribution in [1.82, 2.24) is 0 Å². The summed E-state index contributed by atoms with van der Waals surface area (Å²) in [7, 11) is 0. The predicted octanol–water partition coefficient (Wildman–Crippen LogP) is 3.34. The van der Waals surface area contributed by atoms with E-state index < -0.39 is 5.82 Å². The van der Waals surface area contributed by atoms with Gasteiger partial charge >= 0.3 is 0 Å². The summed E-state index contributed by atoms with van der Waals surface area (Å²) in [6.45, 7) is 1.97. The molecule has 22 heavy (non-hydrogen) atoms. The second-order valence-corrected chi connectivity index (χ2v) is 7.40. The Morgan fingerprint density at radius 2 is 1.91 bits per heavy atom. The number of hydrogen-bond donors (Lipinski definition) is 0. The second-order valence-electron chi connectivity index (χ2n) is 5.64. The summed E-state index contributed by atoms with van der Waals surface area (Å²) in [6.07, 6.45) is 1.40. The van der Waals surface area contributed by atoms with Gasteiger partial charge in [-0.05, 0) is 30.5 Å². The molecule has 1 aromatic carbocycles. The molecule has 4 nitrogen and oxygen atoms in total. The Bertz CT molecular complexity index is 561. The fourth-order valence-electron chi connectivity index (χ4n) is 2.84. The first kappa shape index (κ1) is 16.1. The first-order chi connectivity index (χ1) is 10.7. The van der Waals surface area contributed by atoms with Gasteiger partial charge in [0.05, 0.1) is 35.4 Å². The molecule has 0 N–H and O–H groups in total. The third kappa shape index (κ3) is 3.59. The van der Waals surface area contributed by atoms with Crippen LogP contribution in [0.5, 0.6) is 0 Å². The topological polar surface area (TPSA) is 51.5 Å². The minimum atomic E-state index is -0.488. The van der Waals surface area contributed by atoms with Crippen LogP contribution in [0.25, 0.3) is 0 Å². The van der Waals surface area contributed by atoms with E-state index in [1.165, 1.54) is 12.1 Å². The van der Waals surface area contributed by atoms with E-state index in [1.54, 1.807) is 6.07 Å². The average molecular weight is 417 g/mol. The molecule has 0 spiro atoms. The van der Waals surface area contributed by atoms with E-state index in [-0.39, 0.29) is 23.9 Å². The molecule has 0 aliphatic carbocycles. The molecule has 1 aromatic rings. The smallest absolute Gasteiger partial charge is 0.162 e. The summed E-state index contributed by atoms with van der Waals surface area (Å²) in [6, 6.07) is 6.50. The molecule has 0 aromatic heterocycles. The summed E-state index contributed by atoms with van der Waals surface area (Å²) in [5, 5.41) is 8.77. The standard InChI is InChI=1S/C16H17FINO3/c17-14-5-10(1-2-11(14)6-19)15-4-3-12(7-20-15)16-21-8-13(18)9-22-16/h1-2,5,12-13,15-16H,3-4,7-9H2. The highest BCUT2D eigenvalue weighted by atomic mass is 127. The van der Waals surface area contributed by atoms with Crippen molar-refractivity contribution in [1.29, 1.82) is 5.26 Å². The zero-order chi connectivity index (χ0) is 15.5. The van der Waals surface area contributed by atoms with Crippen molar-refractivity contribution in [2.24, 2.45) is 5.92 Å². The van der Waals surface area contributed by atoms with Crippen molar-refractivity contribution in [2.75, 3.05) is 19.8 Å². The van der Waals surface area contributed by atoms with Gasteiger partial charge in [0, 0.05) is 5.92 Å². The molecule has 118 valence electrons. The number of hydrogen-bond acceptors (Lipinski definition) is 4. The Labute approximate surface area is 142 Å². The van der Waals surface area contributed by atoms with Gasteiger partial charge in [-0.1, -0.05) is 28.7 Å². The number of ether oxygens (including phenoxy) is 3. The first-order valence-electron chi connectivity index (χ1n) is 7.36. The van der Waals surface area contributed by atoms with Crippen LogP contribution in [-0.2, 0) is 14.2 Å². The van der Waals surface area contributed by atoms with Crippen molar-refractivity contribution in [2.45, 2.75) is 29.2 Å². The molecule has 2 heterocycles. The predicted molar refractivity (Wildman–Crippen MR) is 86.0 cm³/mol. The SMILES string of the molecule is N#Cc1ccc(C2CCC(C3OCC(I)CO3)CO2)cc1F. The summed E-state index contributed by atoms with van der Waals surface area (Å²) in [5.41, 5.74) is 0.850. The van der Waals surface area contributed by atoms with Gasteiger partial charge in [-0.15, -0.1) is 0 Å². The van der Waals surface area contributed by atoms with Gasteiger partial charge < -0.3 is 14.2 Å². The molecule has 2 aliphatic heterocycles. The Morgan fingerprint density at radius 3 is 2.50 bits per heavy atom. The fraction of sp³-hybridized carbons (Fsp3) is 0.562. The van der Waals surface area contributed by atoms with E-state index in [1.807, 2.05) is 6.07 Å². The van der Waals surface area contributed by atoms with Crippen LogP contribution in [0.2, 0.25) is 0 Å². The van der Waals surface area contributed by atoms with E-state index in [4.69, 9.17) is 19.5 Å². The molecule has 2 aliphatic rings. The molecule has 2 atom stereocenters. The molecule has 2 saturated heterocycles. The van der Waals surface area contributed by atoms with E-state index in [9.17, 15) is 4.39 Å². The van der Waals surface area contributed by atoms with Crippen LogP contribution in [0.15, 0.2) is 18.2 Å². The highest BCUT2D eigenvalue weighted by Crippen LogP contribution is 2.34. The number of benzene rings is 1. The van der Waals surface area contributed by atoms with Crippen LogP contribution in [-0.4, -0.2) is 30.0 Å². The molecule has 6 heteroatoms. The number of rotatable bonds is 2. The maximum atomic E-state index is 13.7. The number of nitrogens with zero attached hydrogens (tertiary/aromatic N) is 1. The van der Waals surface area contributed by atoms with Gasteiger partial charge in [0.2, 0.25) is 0 Å². The van der Waals surface area contributed by atoms with Crippen LogP contribution in [0.4, 0.5) is 4.39 Å². The van der Waals surface area contributed by atoms with Gasteiger partial charge in [-0.3, -0.25) is 0 Å². The third-order valence-electron chi connectivity index (χ3n) is 4.06. The van der Waals surface area contributed by atoms with Gasteiger partial charge in [0.25, 0.3) is 0 Å². The molecule has 2 fully saturated rings. The lowest BCUT2D eigenvalue weighted by Gasteiger charge is -2.36. The molecule has 0 saturated carbocycles. The van der Waals surface area contributed by atoms with E-state index in [0.717, 1.165) is 18.4 Å². The second kappa shape index (κ2) is 7.21. The Balaban J connectivity index is 1.57. The first-order valence-corrected chi connectivity index (χ1v) is 8.60. The van der Waals surface area contributed by atoms with Gasteiger partial charge in [0.15, 0.2) is 6.29 Å². The highest BCUT2D eigenvalue weighted by Gasteiger charge is 2.33. The van der Waals surface area contributed by atoms with Crippen LogP contribution in [0.1, 0.15) is 30.1 Å². The van der Waals surface area contributed by atoms with Crippen molar-refractivity contribution in [3.63, 3.8) is 0 Å². The molecular formula is C16H17FINO3. The largest absolute Gasteiger partial charge is 0.373 e. The molecular weight excluding hydrogens is 400 g/mol. The zero-order valence-electron chi connectivity index (χ0n) is 12.0. The van der Waals surface area contributed by atoms with Crippen molar-refractivity contribution < 1.29 is 18.6 Å². The lowest BCUT2D eigenvalue weighted by Crippen LogP contribution is -2.40. The summed E-state index contributed by atoms with van der Waals surface area (Å²) >= 11 is 2.32. The van der Waals surface area contributed by atoms with E-state index in [0.29, 0.717) is 23.7 Å². The Hall–Kier alpha value is -0.750. The molecule has 3 rings (SSSR count). The van der Waals surface area contributed by atoms with Crippen LogP contribution in [0, 0.1) is 23.1 Å². The molecule has 2 unspecified atom stereocenters. The third-order valence-corrected chi connectivity index (χ3v) is 4.78. The van der Waals surface area contributed by atoms with Crippen LogP contribution >= 0.6 is 22.6 Å². The average Bonchev–Trinajstić information content (AvgIpc) is 2.56. The van der Waals surface area contributed by atoms with E-state index in [2.05, 4.69) is 22.6 Å². The number of nitriles is 1. The molecule has 0 amide bonds. The lowest BCUT2D eigenvalue weighted by molar-refractivity contribution is -0.221. The zero-order valence-corrected chi connectivity index (χ0v) is 14.2. The minimum absolute atomic E-state index is 0.0646. The maximum absolute atomic E-state index is 13.7. The van der Waals surface area contributed by atoms with Crippen molar-refractivity contribution in [3.8, 4) is 6.07 Å². The van der Waals surface area contributed by atoms with Crippen LogP contribution in [0.3, 0.4) is 0 Å². The Kier molecular flexibility index (Phi) is 5.29. The van der Waals surface area contributed by atoms with Gasteiger partial charge in [-0.25, -0.2) is 4.39 Å². The summed E-state index contributed by atoms with van der Waals surface area (Å²) in [5.74, 6) is -0.263. The normalized spacial score (nSPS) is 32.4. The maximum Gasteiger partial charge on any atom is 0.162 e.